The Balaban J connectivity index is 1.49. The quantitative estimate of drug-likeness (QED) is 0.789. The molecule has 1 unspecified atom stereocenters. The van der Waals surface area contributed by atoms with E-state index in [4.69, 9.17) is 0 Å². The zero-order valence-electron chi connectivity index (χ0n) is 16.8. The molecule has 2 aromatic rings. The number of sulfonamides is 1. The molecule has 2 heterocycles. The normalized spacial score (nSPS) is 20.3. The molecule has 0 aromatic heterocycles. The molecule has 0 saturated carbocycles. The minimum Gasteiger partial charge on any atom is -0.380 e. The van der Waals surface area contributed by atoms with Crippen molar-refractivity contribution in [2.24, 2.45) is 0 Å². The third-order valence-electron chi connectivity index (χ3n) is 5.73. The number of amides is 1. The minimum absolute atomic E-state index is 0.119. The number of anilines is 1. The van der Waals surface area contributed by atoms with E-state index in [-0.39, 0.29) is 17.5 Å². The molecule has 160 valence electrons. The molecule has 2 fully saturated rings. The highest BCUT2D eigenvalue weighted by molar-refractivity contribution is 7.89. The van der Waals surface area contributed by atoms with Crippen LogP contribution >= 0.6 is 0 Å². The molecule has 2 saturated heterocycles. The second kappa shape index (κ2) is 8.73. The lowest BCUT2D eigenvalue weighted by Crippen LogP contribution is -2.36. The predicted octanol–water partition coefficient (Wildman–Crippen LogP) is 3.33. The van der Waals surface area contributed by atoms with E-state index in [2.05, 4.69) is 5.32 Å². The summed E-state index contributed by atoms with van der Waals surface area (Å²) < 4.78 is 41.6. The molecule has 1 atom stereocenters. The molecule has 30 heavy (non-hydrogen) atoms. The largest absolute Gasteiger partial charge is 0.380 e. The van der Waals surface area contributed by atoms with E-state index in [9.17, 15) is 17.6 Å². The van der Waals surface area contributed by atoms with E-state index in [1.54, 1.807) is 4.90 Å². The van der Waals surface area contributed by atoms with Gasteiger partial charge >= 0.3 is 0 Å². The second-order valence-electron chi connectivity index (χ2n) is 7.86. The molecule has 0 radical (unpaired) electrons. The van der Waals surface area contributed by atoms with E-state index < -0.39 is 20.7 Å². The van der Waals surface area contributed by atoms with Gasteiger partial charge in [-0.15, -0.1) is 0 Å². The number of carbonyl (C=O) groups excluding carboxylic acids is 1. The lowest BCUT2D eigenvalue weighted by Gasteiger charge is -2.26. The molecular weight excluding hydrogens is 405 g/mol. The maximum atomic E-state index is 14.4. The molecule has 0 aliphatic carbocycles. The van der Waals surface area contributed by atoms with Crippen LogP contribution < -0.4 is 5.32 Å². The van der Waals surface area contributed by atoms with Gasteiger partial charge in [-0.25, -0.2) is 12.8 Å². The average Bonchev–Trinajstić information content (AvgIpc) is 3.23. The Hall–Kier alpha value is -2.45. The van der Waals surface area contributed by atoms with Gasteiger partial charge < -0.3 is 10.2 Å². The SMILES string of the molecule is O=C(c1ccc(F)c(S(=O)(=O)N2CCCCC2)c1)N1CCC(Nc2ccccc2)C1. The molecular formula is C22H26FN3O3S. The van der Waals surface area contributed by atoms with Crippen LogP contribution in [0.3, 0.4) is 0 Å². The molecule has 2 aliphatic rings. The van der Waals surface area contributed by atoms with Crippen molar-refractivity contribution in [3.05, 3.63) is 59.9 Å². The number of benzene rings is 2. The van der Waals surface area contributed by atoms with Crippen LogP contribution in [0.5, 0.6) is 0 Å². The van der Waals surface area contributed by atoms with E-state index in [0.717, 1.165) is 37.4 Å². The Labute approximate surface area is 176 Å². The summed E-state index contributed by atoms with van der Waals surface area (Å²) in [5.74, 6) is -1.09. The summed E-state index contributed by atoms with van der Waals surface area (Å²) in [6, 6.07) is 13.5. The molecule has 6 nitrogen and oxygen atoms in total. The maximum Gasteiger partial charge on any atom is 0.253 e. The fourth-order valence-electron chi connectivity index (χ4n) is 4.09. The van der Waals surface area contributed by atoms with E-state index >= 15 is 0 Å². The lowest BCUT2D eigenvalue weighted by atomic mass is 10.2. The van der Waals surface area contributed by atoms with Gasteiger partial charge in [0.2, 0.25) is 10.0 Å². The number of hydrogen-bond acceptors (Lipinski definition) is 4. The molecule has 4 rings (SSSR count). The second-order valence-corrected chi connectivity index (χ2v) is 9.76. The van der Waals surface area contributed by atoms with Crippen molar-refractivity contribution in [3.63, 3.8) is 0 Å². The van der Waals surface area contributed by atoms with Crippen molar-refractivity contribution >= 4 is 21.6 Å². The summed E-state index contributed by atoms with van der Waals surface area (Å²) >= 11 is 0. The van der Waals surface area contributed by atoms with Crippen molar-refractivity contribution in [2.45, 2.75) is 36.6 Å². The third kappa shape index (κ3) is 4.34. The number of halogens is 1. The van der Waals surface area contributed by atoms with Crippen molar-refractivity contribution in [1.82, 2.24) is 9.21 Å². The number of hydrogen-bond donors (Lipinski definition) is 1. The van der Waals surface area contributed by atoms with Gasteiger partial charge in [0.25, 0.3) is 5.91 Å². The van der Waals surface area contributed by atoms with Gasteiger partial charge in [0.05, 0.1) is 0 Å². The first-order chi connectivity index (χ1) is 14.4. The van der Waals surface area contributed by atoms with Crippen molar-refractivity contribution in [1.29, 1.82) is 0 Å². The molecule has 0 spiro atoms. The Morgan fingerprint density at radius 3 is 2.47 bits per heavy atom. The summed E-state index contributed by atoms with van der Waals surface area (Å²) in [5, 5.41) is 3.41. The number of piperidine rings is 1. The first-order valence-electron chi connectivity index (χ1n) is 10.4. The average molecular weight is 432 g/mol. The van der Waals surface area contributed by atoms with Crippen LogP contribution in [0.4, 0.5) is 10.1 Å². The Bertz CT molecular complexity index is 1010. The van der Waals surface area contributed by atoms with E-state index in [1.807, 2.05) is 30.3 Å². The first-order valence-corrected chi connectivity index (χ1v) is 11.8. The summed E-state index contributed by atoms with van der Waals surface area (Å²) in [7, 11) is -3.95. The van der Waals surface area contributed by atoms with Crippen molar-refractivity contribution in [2.75, 3.05) is 31.5 Å². The van der Waals surface area contributed by atoms with Crippen LogP contribution in [0.1, 0.15) is 36.0 Å². The molecule has 2 aromatic carbocycles. The van der Waals surface area contributed by atoms with Crippen LogP contribution in [-0.4, -0.2) is 55.8 Å². The monoisotopic (exact) mass is 431 g/mol. The smallest absolute Gasteiger partial charge is 0.253 e. The van der Waals surface area contributed by atoms with Gasteiger partial charge in [-0.05, 0) is 49.6 Å². The fraction of sp³-hybridized carbons (Fsp3) is 0.409. The molecule has 1 N–H and O–H groups in total. The summed E-state index contributed by atoms with van der Waals surface area (Å²) in [5.41, 5.74) is 1.20. The number of nitrogens with one attached hydrogen (secondary N) is 1. The number of para-hydroxylation sites is 1. The standard InChI is InChI=1S/C22H26FN3O3S/c23-20-10-9-17(15-21(20)30(28,29)26-12-5-2-6-13-26)22(27)25-14-11-19(16-25)24-18-7-3-1-4-8-18/h1,3-4,7-10,15,19,24H,2,5-6,11-14,16H2. The van der Waals surface area contributed by atoms with Gasteiger partial charge in [-0.1, -0.05) is 24.6 Å². The highest BCUT2D eigenvalue weighted by Gasteiger charge is 2.31. The van der Waals surface area contributed by atoms with Crippen molar-refractivity contribution in [3.8, 4) is 0 Å². The Morgan fingerprint density at radius 2 is 1.73 bits per heavy atom. The van der Waals surface area contributed by atoms with E-state index in [0.29, 0.717) is 26.2 Å². The van der Waals surface area contributed by atoms with Crippen LogP contribution in [0, 0.1) is 5.82 Å². The highest BCUT2D eigenvalue weighted by Crippen LogP contribution is 2.25. The van der Waals surface area contributed by atoms with Gasteiger partial charge in [0.1, 0.15) is 10.7 Å². The molecule has 2 aliphatic heterocycles. The van der Waals surface area contributed by atoms with Gasteiger partial charge in [-0.3, -0.25) is 4.79 Å². The number of likely N-dealkylation sites (tertiary alicyclic amines) is 1. The van der Waals surface area contributed by atoms with Gasteiger partial charge in [-0.2, -0.15) is 4.31 Å². The fourth-order valence-corrected chi connectivity index (χ4v) is 5.70. The molecule has 1 amide bonds. The van der Waals surface area contributed by atoms with Crippen LogP contribution in [-0.2, 0) is 10.0 Å². The zero-order chi connectivity index (χ0) is 21.1. The van der Waals surface area contributed by atoms with Gasteiger partial charge in [0, 0.05) is 43.5 Å². The topological polar surface area (TPSA) is 69.7 Å². The highest BCUT2D eigenvalue weighted by atomic mass is 32.2. The number of rotatable bonds is 5. The summed E-state index contributed by atoms with van der Waals surface area (Å²) in [4.78, 5) is 14.3. The first kappa shape index (κ1) is 20.8. The minimum atomic E-state index is -3.95. The van der Waals surface area contributed by atoms with Crippen molar-refractivity contribution < 1.29 is 17.6 Å². The van der Waals surface area contributed by atoms with Crippen LogP contribution in [0.15, 0.2) is 53.4 Å². The molecule has 8 heteroatoms. The third-order valence-corrected chi connectivity index (χ3v) is 7.64. The summed E-state index contributed by atoms with van der Waals surface area (Å²) in [6.45, 7) is 1.85. The number of carbonyl (C=O) groups is 1. The van der Waals surface area contributed by atoms with Crippen LogP contribution in [0.2, 0.25) is 0 Å². The Morgan fingerprint density at radius 1 is 1.00 bits per heavy atom. The number of nitrogens with zero attached hydrogens (tertiary/aromatic N) is 2. The predicted molar refractivity (Wildman–Crippen MR) is 113 cm³/mol. The van der Waals surface area contributed by atoms with Crippen LogP contribution in [0.25, 0.3) is 0 Å². The summed E-state index contributed by atoms with van der Waals surface area (Å²) in [6.07, 6.45) is 3.30. The van der Waals surface area contributed by atoms with Gasteiger partial charge in [0.15, 0.2) is 0 Å². The zero-order valence-corrected chi connectivity index (χ0v) is 17.6. The van der Waals surface area contributed by atoms with E-state index in [1.165, 1.54) is 16.4 Å². The molecule has 0 bridgehead atoms. The maximum absolute atomic E-state index is 14.4. The Kier molecular flexibility index (Phi) is 6.06. The lowest BCUT2D eigenvalue weighted by molar-refractivity contribution is 0.0791.